The number of terminal acetylenes is 1. The predicted octanol–water partition coefficient (Wildman–Crippen LogP) is 6.25. The van der Waals surface area contributed by atoms with E-state index in [0.29, 0.717) is 30.6 Å². The molecule has 0 spiro atoms. The van der Waals surface area contributed by atoms with Gasteiger partial charge >= 0.3 is 0 Å². The van der Waals surface area contributed by atoms with Crippen LogP contribution in [0.5, 0.6) is 5.75 Å². The molecule has 204 valence electrons. The molecule has 7 nitrogen and oxygen atoms in total. The van der Waals surface area contributed by atoms with Crippen LogP contribution in [0.25, 0.3) is 15.8 Å². The number of hydrogen-bond donors (Lipinski definition) is 3. The Bertz CT molecular complexity index is 1220. The number of guanidine groups is 1. The fourth-order valence-corrected chi connectivity index (χ4v) is 4.76. The summed E-state index contributed by atoms with van der Waals surface area (Å²) in [6, 6.07) is 5.93. The zero-order valence-electron chi connectivity index (χ0n) is 22.4. The number of fused-ring (bicyclic) bond motifs is 1. The molecule has 1 aliphatic rings. The van der Waals surface area contributed by atoms with Crippen molar-refractivity contribution < 1.29 is 9.84 Å². The number of allylic oxidation sites excluding steroid dienone is 4. The molecule has 0 aliphatic carbocycles. The van der Waals surface area contributed by atoms with Gasteiger partial charge in [0.15, 0.2) is 0 Å². The van der Waals surface area contributed by atoms with E-state index in [2.05, 4.69) is 59.7 Å². The highest BCUT2D eigenvalue weighted by Crippen LogP contribution is 2.34. The lowest BCUT2D eigenvalue weighted by Crippen LogP contribution is -2.21. The average molecular weight is 556 g/mol. The Kier molecular flexibility index (Phi) is 14.2. The first-order valence-electron chi connectivity index (χ1n) is 12.8. The van der Waals surface area contributed by atoms with Crippen LogP contribution in [0.3, 0.4) is 0 Å². The topological polar surface area (TPSA) is 105 Å². The average Bonchev–Trinajstić information content (AvgIpc) is 3.26. The van der Waals surface area contributed by atoms with Crippen LogP contribution >= 0.6 is 22.9 Å². The number of nitrogens with zero attached hydrogens (tertiary/aromatic N) is 3. The summed E-state index contributed by atoms with van der Waals surface area (Å²) in [6.07, 6.45) is 16.9. The van der Waals surface area contributed by atoms with Gasteiger partial charge in [0, 0.05) is 25.1 Å². The SMILES string of the molecule is C#CC.CC/C=C\C=C/CCOc1ccc2nc(C3=C(NCCC(CC)CO)N=C(N)N=C(Cl)C3)sc2c1. The maximum absolute atomic E-state index is 9.48. The number of aromatic nitrogens is 1. The molecule has 0 bridgehead atoms. The van der Waals surface area contributed by atoms with Crippen LogP contribution in [0, 0.1) is 18.3 Å². The van der Waals surface area contributed by atoms with Gasteiger partial charge in [-0.1, -0.05) is 56.2 Å². The number of ether oxygens (including phenoxy) is 1. The molecule has 1 aromatic carbocycles. The second-order valence-electron chi connectivity index (χ2n) is 8.47. The van der Waals surface area contributed by atoms with Crippen molar-refractivity contribution in [2.24, 2.45) is 21.6 Å². The van der Waals surface area contributed by atoms with E-state index in [0.717, 1.165) is 52.2 Å². The van der Waals surface area contributed by atoms with Gasteiger partial charge in [-0.15, -0.1) is 23.7 Å². The Balaban J connectivity index is 0.00000161. The van der Waals surface area contributed by atoms with Crippen LogP contribution in [0.1, 0.15) is 57.9 Å². The maximum Gasteiger partial charge on any atom is 0.223 e. The number of nitrogens with two attached hydrogens (primary N) is 1. The van der Waals surface area contributed by atoms with Gasteiger partial charge in [0.1, 0.15) is 21.7 Å². The van der Waals surface area contributed by atoms with Crippen molar-refractivity contribution in [2.45, 2.75) is 52.9 Å². The third kappa shape index (κ3) is 10.3. The molecule has 0 fully saturated rings. The Morgan fingerprint density at radius 3 is 2.76 bits per heavy atom. The Morgan fingerprint density at radius 2 is 2.05 bits per heavy atom. The van der Waals surface area contributed by atoms with Gasteiger partial charge in [0.05, 0.1) is 16.8 Å². The normalized spacial score (nSPS) is 14.5. The Labute approximate surface area is 235 Å². The van der Waals surface area contributed by atoms with Crippen molar-refractivity contribution in [3.63, 3.8) is 0 Å². The zero-order valence-corrected chi connectivity index (χ0v) is 24.0. The number of benzene rings is 1. The Hall–Kier alpha value is -3.12. The largest absolute Gasteiger partial charge is 0.493 e. The van der Waals surface area contributed by atoms with E-state index in [1.165, 1.54) is 0 Å². The van der Waals surface area contributed by atoms with E-state index in [-0.39, 0.29) is 18.5 Å². The summed E-state index contributed by atoms with van der Waals surface area (Å²) in [5.41, 5.74) is 7.68. The van der Waals surface area contributed by atoms with Crippen molar-refractivity contribution in [3.05, 3.63) is 53.3 Å². The fourth-order valence-electron chi connectivity index (χ4n) is 3.50. The molecule has 4 N–H and O–H groups in total. The second-order valence-corrected chi connectivity index (χ2v) is 9.94. The third-order valence-corrected chi connectivity index (χ3v) is 6.84. The number of aliphatic hydroxyl groups excluding tert-OH is 1. The lowest BCUT2D eigenvalue weighted by molar-refractivity contribution is 0.215. The first kappa shape index (κ1) is 31.1. The third-order valence-electron chi connectivity index (χ3n) is 5.54. The monoisotopic (exact) mass is 555 g/mol. The highest BCUT2D eigenvalue weighted by atomic mass is 35.5. The molecular formula is C29H38ClN5O2S. The first-order chi connectivity index (χ1) is 18.4. The minimum absolute atomic E-state index is 0.109. The fraction of sp³-hybridized carbons (Fsp3) is 0.414. The van der Waals surface area contributed by atoms with E-state index < -0.39 is 0 Å². The zero-order chi connectivity index (χ0) is 27.8. The highest BCUT2D eigenvalue weighted by Gasteiger charge is 2.20. The van der Waals surface area contributed by atoms with Crippen molar-refractivity contribution in [2.75, 3.05) is 19.8 Å². The van der Waals surface area contributed by atoms with Gasteiger partial charge in [0.25, 0.3) is 0 Å². The van der Waals surface area contributed by atoms with E-state index >= 15 is 0 Å². The van der Waals surface area contributed by atoms with Crippen LogP contribution in [0.15, 0.2) is 58.3 Å². The van der Waals surface area contributed by atoms with E-state index in [9.17, 15) is 5.11 Å². The molecule has 1 aliphatic heterocycles. The van der Waals surface area contributed by atoms with Crippen molar-refractivity contribution in [3.8, 4) is 18.1 Å². The van der Waals surface area contributed by atoms with Crippen LogP contribution in [0.2, 0.25) is 0 Å². The summed E-state index contributed by atoms with van der Waals surface area (Å²) in [6.45, 7) is 7.27. The molecule has 0 saturated carbocycles. The minimum atomic E-state index is 0.109. The Morgan fingerprint density at radius 1 is 1.29 bits per heavy atom. The molecule has 3 rings (SSSR count). The maximum atomic E-state index is 9.48. The summed E-state index contributed by atoms with van der Waals surface area (Å²) in [7, 11) is 0. The number of rotatable bonds is 13. The summed E-state index contributed by atoms with van der Waals surface area (Å²) in [4.78, 5) is 13.4. The molecular weight excluding hydrogens is 518 g/mol. The van der Waals surface area contributed by atoms with E-state index in [1.54, 1.807) is 18.3 Å². The van der Waals surface area contributed by atoms with Crippen LogP contribution < -0.4 is 15.8 Å². The number of halogens is 1. The quantitative estimate of drug-likeness (QED) is 0.154. The van der Waals surface area contributed by atoms with Gasteiger partial charge in [0.2, 0.25) is 5.96 Å². The van der Waals surface area contributed by atoms with Gasteiger partial charge in [-0.25, -0.2) is 9.98 Å². The first-order valence-corrected chi connectivity index (χ1v) is 14.0. The summed E-state index contributed by atoms with van der Waals surface area (Å²) in [5, 5.41) is 14.0. The van der Waals surface area contributed by atoms with Crippen molar-refractivity contribution in [1.82, 2.24) is 10.3 Å². The van der Waals surface area contributed by atoms with Crippen molar-refractivity contribution >= 4 is 49.9 Å². The minimum Gasteiger partial charge on any atom is -0.493 e. The van der Waals surface area contributed by atoms with Gasteiger partial charge < -0.3 is 20.9 Å². The van der Waals surface area contributed by atoms with Gasteiger partial charge in [-0.2, -0.15) is 4.99 Å². The van der Waals surface area contributed by atoms with E-state index in [1.807, 2.05) is 24.3 Å². The molecule has 9 heteroatoms. The smallest absolute Gasteiger partial charge is 0.223 e. The number of hydrogen-bond acceptors (Lipinski definition) is 8. The molecule has 0 saturated heterocycles. The standard InChI is InChI=1S/C26H34ClN5O2S.C3H4/c1-3-5-6-7-8-9-14-34-19-10-11-21-22(15-19)35-25(30-21)20-16-23(27)31-26(28)32-24(20)29-13-12-18(4-2)17-33;1-3-2/h5-8,10-11,15,18,29,33H,3-4,9,12-14,16-17H2,1-2H3,(H2,28,32);1H,2H3/b6-5-,8-7-;. The lowest BCUT2D eigenvalue weighted by atomic mass is 10.0. The molecule has 0 amide bonds. The molecule has 1 aromatic heterocycles. The summed E-state index contributed by atoms with van der Waals surface area (Å²) >= 11 is 7.89. The molecule has 38 heavy (non-hydrogen) atoms. The second kappa shape index (κ2) is 17.4. The molecule has 2 heterocycles. The summed E-state index contributed by atoms with van der Waals surface area (Å²) < 4.78 is 6.94. The number of thiazole rings is 1. The molecule has 1 unspecified atom stereocenters. The van der Waals surface area contributed by atoms with Crippen molar-refractivity contribution in [1.29, 1.82) is 0 Å². The van der Waals surface area contributed by atoms with Gasteiger partial charge in [-0.3, -0.25) is 0 Å². The van der Waals surface area contributed by atoms with Crippen LogP contribution in [0.4, 0.5) is 0 Å². The number of aliphatic imine (C=N–C) groups is 2. The number of nitrogens with one attached hydrogen (secondary N) is 1. The predicted molar refractivity (Wildman–Crippen MR) is 163 cm³/mol. The molecule has 1 atom stereocenters. The lowest BCUT2D eigenvalue weighted by Gasteiger charge is -2.14. The van der Waals surface area contributed by atoms with Gasteiger partial charge in [-0.05, 0) is 50.3 Å². The summed E-state index contributed by atoms with van der Waals surface area (Å²) in [5.74, 6) is 4.03. The van der Waals surface area contributed by atoms with Crippen LogP contribution in [-0.4, -0.2) is 41.0 Å². The molecule has 0 radical (unpaired) electrons. The van der Waals surface area contributed by atoms with Crippen LogP contribution in [-0.2, 0) is 0 Å². The van der Waals surface area contributed by atoms with E-state index in [4.69, 9.17) is 27.1 Å². The number of aliphatic hydroxyl groups is 1. The molecule has 2 aromatic rings. The highest BCUT2D eigenvalue weighted by molar-refractivity contribution is 7.19.